The fourth-order valence-electron chi connectivity index (χ4n) is 1.85. The Morgan fingerprint density at radius 2 is 1.61 bits per heavy atom. The molecule has 2 aromatic carbocycles. The molecule has 2 aromatic rings. The Balaban J connectivity index is 2.50. The first kappa shape index (κ1) is 12.2. The summed E-state index contributed by atoms with van der Waals surface area (Å²) < 4.78 is 0. The van der Waals surface area contributed by atoms with Crippen molar-refractivity contribution in [2.45, 2.75) is 13.8 Å². The molecule has 0 heterocycles. The predicted molar refractivity (Wildman–Crippen MR) is 73.0 cm³/mol. The molecule has 0 radical (unpaired) electrons. The number of amides is 1. The fraction of sp³-hybridized carbons (Fsp3) is 0.133. The number of hydrogen-bond acceptors (Lipinski definition) is 1. The van der Waals surface area contributed by atoms with Crippen LogP contribution in [0.3, 0.4) is 0 Å². The topological polar surface area (TPSA) is 49.3 Å². The van der Waals surface area contributed by atoms with E-state index >= 15 is 0 Å². The van der Waals surface area contributed by atoms with Crippen molar-refractivity contribution in [1.82, 2.24) is 0 Å². The van der Waals surface area contributed by atoms with Crippen molar-refractivity contribution < 1.29 is 9.90 Å². The highest BCUT2D eigenvalue weighted by Gasteiger charge is 2.07. The molecule has 0 aliphatic rings. The number of carbonyl (C=O) groups is 1. The molecule has 0 unspecified atom stereocenters. The molecule has 2 rings (SSSR count). The minimum Gasteiger partial charge on any atom is -0.465 e. The van der Waals surface area contributed by atoms with Crippen LogP contribution in [0.4, 0.5) is 10.5 Å². The van der Waals surface area contributed by atoms with Gasteiger partial charge in [0, 0.05) is 5.56 Å². The highest BCUT2D eigenvalue weighted by molar-refractivity contribution is 5.90. The lowest BCUT2D eigenvalue weighted by Gasteiger charge is -2.10. The zero-order chi connectivity index (χ0) is 13.1. The third-order valence-corrected chi connectivity index (χ3v) is 2.78. The summed E-state index contributed by atoms with van der Waals surface area (Å²) in [6, 6.07) is 13.7. The molecule has 3 heteroatoms. The van der Waals surface area contributed by atoms with Crippen molar-refractivity contribution in [2.75, 3.05) is 5.32 Å². The van der Waals surface area contributed by atoms with Crippen molar-refractivity contribution in [3.8, 4) is 11.1 Å². The van der Waals surface area contributed by atoms with Gasteiger partial charge in [0.2, 0.25) is 0 Å². The molecule has 0 aliphatic heterocycles. The van der Waals surface area contributed by atoms with Crippen LogP contribution >= 0.6 is 0 Å². The molecular weight excluding hydrogens is 226 g/mol. The summed E-state index contributed by atoms with van der Waals surface area (Å²) in [5.41, 5.74) is 4.79. The lowest BCUT2D eigenvalue weighted by molar-refractivity contribution is 0.210. The summed E-state index contributed by atoms with van der Waals surface area (Å²) in [5, 5.41) is 11.3. The van der Waals surface area contributed by atoms with Crippen LogP contribution < -0.4 is 5.32 Å². The van der Waals surface area contributed by atoms with Crippen LogP contribution in [0, 0.1) is 13.8 Å². The number of carboxylic acid groups (broad SMARTS) is 1. The molecule has 2 N–H and O–H groups in total. The van der Waals surface area contributed by atoms with Gasteiger partial charge in [-0.2, -0.15) is 0 Å². The molecule has 1 amide bonds. The third-order valence-electron chi connectivity index (χ3n) is 2.78. The molecule has 0 saturated heterocycles. The van der Waals surface area contributed by atoms with E-state index in [4.69, 9.17) is 5.11 Å². The maximum Gasteiger partial charge on any atom is 0.409 e. The first-order valence-electron chi connectivity index (χ1n) is 5.74. The van der Waals surface area contributed by atoms with Crippen LogP contribution in [0.25, 0.3) is 11.1 Å². The molecule has 0 atom stereocenters. The second-order valence-corrected chi connectivity index (χ2v) is 4.35. The lowest BCUT2D eigenvalue weighted by Crippen LogP contribution is -2.08. The number of anilines is 1. The normalized spacial score (nSPS) is 10.1. The number of hydrogen-bond donors (Lipinski definition) is 2. The van der Waals surface area contributed by atoms with Gasteiger partial charge in [0.05, 0.1) is 5.69 Å². The van der Waals surface area contributed by atoms with Gasteiger partial charge in [-0.25, -0.2) is 4.79 Å². The molecular formula is C15H15NO2. The van der Waals surface area contributed by atoms with Crippen LogP contribution in [0.2, 0.25) is 0 Å². The summed E-state index contributed by atoms with van der Waals surface area (Å²) in [6.45, 7) is 4.01. The molecule has 0 fully saturated rings. The van der Waals surface area contributed by atoms with E-state index in [1.165, 1.54) is 5.56 Å². The van der Waals surface area contributed by atoms with E-state index in [2.05, 4.69) is 5.32 Å². The molecule has 0 bridgehead atoms. The van der Waals surface area contributed by atoms with Gasteiger partial charge in [0.25, 0.3) is 0 Å². The van der Waals surface area contributed by atoms with E-state index in [9.17, 15) is 4.79 Å². The van der Waals surface area contributed by atoms with Crippen LogP contribution in [0.15, 0.2) is 42.5 Å². The Hall–Kier alpha value is -2.29. The summed E-state index contributed by atoms with van der Waals surface area (Å²) >= 11 is 0. The largest absolute Gasteiger partial charge is 0.465 e. The van der Waals surface area contributed by atoms with Crippen LogP contribution in [-0.4, -0.2) is 11.2 Å². The first-order valence-corrected chi connectivity index (χ1v) is 5.74. The van der Waals surface area contributed by atoms with Gasteiger partial charge < -0.3 is 5.11 Å². The van der Waals surface area contributed by atoms with Crippen molar-refractivity contribution in [3.05, 3.63) is 53.6 Å². The molecule has 92 valence electrons. The third kappa shape index (κ3) is 2.69. The smallest absolute Gasteiger partial charge is 0.409 e. The highest BCUT2D eigenvalue weighted by Crippen LogP contribution is 2.29. The Labute approximate surface area is 106 Å². The van der Waals surface area contributed by atoms with Gasteiger partial charge in [-0.05, 0) is 31.5 Å². The summed E-state index contributed by atoms with van der Waals surface area (Å²) in [4.78, 5) is 10.8. The molecule has 3 nitrogen and oxygen atoms in total. The zero-order valence-electron chi connectivity index (χ0n) is 10.4. The highest BCUT2D eigenvalue weighted by atomic mass is 16.4. The number of benzene rings is 2. The van der Waals surface area contributed by atoms with Gasteiger partial charge in [-0.3, -0.25) is 5.32 Å². The standard InChI is InChI=1S/C15H15NO2/c1-10-3-6-12(7-4-10)13-9-11(2)5-8-14(13)16-15(17)18/h3-9,16H,1-2H3,(H,17,18). The average Bonchev–Trinajstić information content (AvgIpc) is 2.32. The Kier molecular flexibility index (Phi) is 3.33. The van der Waals surface area contributed by atoms with Gasteiger partial charge >= 0.3 is 6.09 Å². The number of rotatable bonds is 2. The van der Waals surface area contributed by atoms with Gasteiger partial charge in [0.1, 0.15) is 0 Å². The second kappa shape index (κ2) is 4.92. The molecule has 0 saturated carbocycles. The van der Waals surface area contributed by atoms with Gasteiger partial charge in [-0.1, -0.05) is 41.5 Å². The lowest BCUT2D eigenvalue weighted by atomic mass is 10.0. The predicted octanol–water partition coefficient (Wildman–Crippen LogP) is 4.06. The van der Waals surface area contributed by atoms with Crippen LogP contribution in [0.5, 0.6) is 0 Å². The number of nitrogens with one attached hydrogen (secondary N) is 1. The van der Waals surface area contributed by atoms with Crippen molar-refractivity contribution in [3.63, 3.8) is 0 Å². The molecule has 0 spiro atoms. The SMILES string of the molecule is Cc1ccc(-c2cc(C)ccc2NC(=O)O)cc1. The maximum absolute atomic E-state index is 10.8. The number of aryl methyl sites for hydroxylation is 2. The van der Waals surface area contributed by atoms with E-state index < -0.39 is 6.09 Å². The Morgan fingerprint density at radius 1 is 1.00 bits per heavy atom. The van der Waals surface area contributed by atoms with Crippen molar-refractivity contribution in [1.29, 1.82) is 0 Å². The first-order chi connectivity index (χ1) is 8.56. The monoisotopic (exact) mass is 241 g/mol. The summed E-state index contributed by atoms with van der Waals surface area (Å²) in [7, 11) is 0. The maximum atomic E-state index is 10.8. The van der Waals surface area contributed by atoms with E-state index in [1.54, 1.807) is 6.07 Å². The average molecular weight is 241 g/mol. The molecule has 18 heavy (non-hydrogen) atoms. The van der Waals surface area contributed by atoms with E-state index in [0.29, 0.717) is 5.69 Å². The van der Waals surface area contributed by atoms with Crippen molar-refractivity contribution in [2.24, 2.45) is 0 Å². The Bertz CT molecular complexity index is 574. The molecule has 0 aliphatic carbocycles. The fourth-order valence-corrected chi connectivity index (χ4v) is 1.85. The van der Waals surface area contributed by atoms with Crippen LogP contribution in [-0.2, 0) is 0 Å². The Morgan fingerprint density at radius 3 is 2.22 bits per heavy atom. The minimum absolute atomic E-state index is 0.608. The van der Waals surface area contributed by atoms with E-state index in [0.717, 1.165) is 16.7 Å². The molecule has 0 aromatic heterocycles. The minimum atomic E-state index is -1.05. The van der Waals surface area contributed by atoms with E-state index in [-0.39, 0.29) is 0 Å². The summed E-state index contributed by atoms with van der Waals surface area (Å²) in [5.74, 6) is 0. The van der Waals surface area contributed by atoms with Gasteiger partial charge in [-0.15, -0.1) is 0 Å². The van der Waals surface area contributed by atoms with Crippen LogP contribution in [0.1, 0.15) is 11.1 Å². The van der Waals surface area contributed by atoms with Crippen molar-refractivity contribution >= 4 is 11.8 Å². The van der Waals surface area contributed by atoms with E-state index in [1.807, 2.05) is 50.2 Å². The second-order valence-electron chi connectivity index (χ2n) is 4.35. The van der Waals surface area contributed by atoms with Gasteiger partial charge in [0.15, 0.2) is 0 Å². The zero-order valence-corrected chi connectivity index (χ0v) is 10.4. The quantitative estimate of drug-likeness (QED) is 0.833. The summed E-state index contributed by atoms with van der Waals surface area (Å²) in [6.07, 6.45) is -1.05.